The highest BCUT2D eigenvalue weighted by Crippen LogP contribution is 2.64. The average Bonchev–Trinajstić information content (AvgIpc) is 2.57. The summed E-state index contributed by atoms with van der Waals surface area (Å²) < 4.78 is 1.78. The summed E-state index contributed by atoms with van der Waals surface area (Å²) in [6, 6.07) is 0. The predicted molar refractivity (Wildman–Crippen MR) is 52.6 cm³/mol. The Hall–Kier alpha value is -0.830. The molecule has 0 radical (unpaired) electrons. The Balaban J connectivity index is 1.92. The first-order valence-electron chi connectivity index (χ1n) is 5.44. The Labute approximate surface area is 83.7 Å². The van der Waals surface area contributed by atoms with E-state index in [4.69, 9.17) is 0 Å². The summed E-state index contributed by atoms with van der Waals surface area (Å²) in [5.41, 5.74) is 0.502. The third kappa shape index (κ3) is 0.934. The third-order valence-electron chi connectivity index (χ3n) is 3.95. The van der Waals surface area contributed by atoms with E-state index in [9.17, 15) is 5.11 Å². The van der Waals surface area contributed by atoms with Crippen molar-refractivity contribution >= 4 is 0 Å². The van der Waals surface area contributed by atoms with E-state index < -0.39 is 5.60 Å². The number of fused-ring (bicyclic) bond motifs is 1. The fourth-order valence-corrected chi connectivity index (χ4v) is 3.15. The van der Waals surface area contributed by atoms with E-state index in [1.165, 1.54) is 25.7 Å². The molecule has 0 saturated heterocycles. The Morgan fingerprint density at radius 1 is 1.43 bits per heavy atom. The van der Waals surface area contributed by atoms with Crippen molar-refractivity contribution in [2.45, 2.75) is 31.3 Å². The molecule has 1 aromatic heterocycles. The fourth-order valence-electron chi connectivity index (χ4n) is 3.15. The summed E-state index contributed by atoms with van der Waals surface area (Å²) in [5, 5.41) is 14.7. The van der Waals surface area contributed by atoms with Crippen LogP contribution in [0.4, 0.5) is 0 Å². The molecule has 0 aliphatic heterocycles. The first-order valence-corrected chi connectivity index (χ1v) is 5.44. The van der Waals surface area contributed by atoms with Crippen LogP contribution in [-0.4, -0.2) is 14.9 Å². The van der Waals surface area contributed by atoms with Crippen LogP contribution in [0.2, 0.25) is 0 Å². The topological polar surface area (TPSA) is 38.0 Å². The van der Waals surface area contributed by atoms with Crippen molar-refractivity contribution in [3.63, 3.8) is 0 Å². The minimum atomic E-state index is -0.523. The molecule has 3 nitrogen and oxygen atoms in total. The van der Waals surface area contributed by atoms with Crippen LogP contribution in [-0.2, 0) is 12.6 Å². The van der Waals surface area contributed by atoms with Crippen LogP contribution in [0.5, 0.6) is 0 Å². The zero-order valence-corrected chi connectivity index (χ0v) is 8.48. The van der Waals surface area contributed by atoms with Gasteiger partial charge in [-0.2, -0.15) is 5.10 Å². The number of aryl methyl sites for hydroxylation is 1. The van der Waals surface area contributed by atoms with Crippen LogP contribution < -0.4 is 0 Å². The van der Waals surface area contributed by atoms with Crippen LogP contribution >= 0.6 is 0 Å². The van der Waals surface area contributed by atoms with Gasteiger partial charge in [-0.05, 0) is 24.7 Å². The van der Waals surface area contributed by atoms with Gasteiger partial charge in [-0.15, -0.1) is 0 Å². The second-order valence-corrected chi connectivity index (χ2v) is 4.73. The predicted octanol–water partition coefficient (Wildman–Crippen LogP) is 1.43. The summed E-state index contributed by atoms with van der Waals surface area (Å²) in [4.78, 5) is 0. The van der Waals surface area contributed by atoms with Gasteiger partial charge in [0.2, 0.25) is 0 Å². The lowest BCUT2D eigenvalue weighted by Gasteiger charge is -2.06. The van der Waals surface area contributed by atoms with Crippen LogP contribution in [0.3, 0.4) is 0 Å². The van der Waals surface area contributed by atoms with Crippen LogP contribution in [0.15, 0.2) is 12.4 Å². The third-order valence-corrected chi connectivity index (χ3v) is 3.95. The molecular formula is C11H16N2O. The van der Waals surface area contributed by atoms with Crippen molar-refractivity contribution in [1.29, 1.82) is 0 Å². The number of aliphatic hydroxyl groups is 1. The van der Waals surface area contributed by atoms with Crippen LogP contribution in [0.25, 0.3) is 0 Å². The summed E-state index contributed by atoms with van der Waals surface area (Å²) in [6.07, 6.45) is 8.72. The van der Waals surface area contributed by atoms with Gasteiger partial charge in [0, 0.05) is 18.8 Å². The van der Waals surface area contributed by atoms with Crippen molar-refractivity contribution < 1.29 is 5.11 Å². The molecule has 0 bridgehead atoms. The van der Waals surface area contributed by atoms with Gasteiger partial charge >= 0.3 is 0 Å². The summed E-state index contributed by atoms with van der Waals surface area (Å²) in [7, 11) is 1.90. The Bertz CT molecular complexity index is 346. The summed E-state index contributed by atoms with van der Waals surface area (Å²) >= 11 is 0. The zero-order chi connectivity index (χ0) is 9.76. The van der Waals surface area contributed by atoms with E-state index in [-0.39, 0.29) is 0 Å². The molecule has 0 amide bonds. The molecule has 0 spiro atoms. The number of hydrogen-bond acceptors (Lipinski definition) is 2. The van der Waals surface area contributed by atoms with Crippen molar-refractivity contribution in [2.24, 2.45) is 18.9 Å². The molecule has 1 heterocycles. The second-order valence-electron chi connectivity index (χ2n) is 4.73. The quantitative estimate of drug-likeness (QED) is 0.731. The van der Waals surface area contributed by atoms with Crippen molar-refractivity contribution in [2.75, 3.05) is 0 Å². The standard InChI is InChI=1S/C11H16N2O/c1-13-7-8(6-12-13)11(14)9-4-2-3-5-10(9)11/h6-7,9-10,14H,2-5H2,1H3. The van der Waals surface area contributed by atoms with E-state index in [1.807, 2.05) is 19.4 Å². The monoisotopic (exact) mass is 192 g/mol. The first-order chi connectivity index (χ1) is 6.73. The summed E-state index contributed by atoms with van der Waals surface area (Å²) in [6.45, 7) is 0. The smallest absolute Gasteiger partial charge is 0.0990 e. The van der Waals surface area contributed by atoms with E-state index in [0.29, 0.717) is 11.8 Å². The average molecular weight is 192 g/mol. The lowest BCUT2D eigenvalue weighted by molar-refractivity contribution is 0.118. The summed E-state index contributed by atoms with van der Waals surface area (Å²) in [5.74, 6) is 1.03. The van der Waals surface area contributed by atoms with Crippen LogP contribution in [0, 0.1) is 11.8 Å². The fraction of sp³-hybridized carbons (Fsp3) is 0.727. The lowest BCUT2D eigenvalue weighted by Crippen LogP contribution is -2.08. The van der Waals surface area contributed by atoms with Gasteiger partial charge in [0.05, 0.1) is 11.8 Å². The number of aromatic nitrogens is 2. The van der Waals surface area contributed by atoms with Crippen molar-refractivity contribution in [3.8, 4) is 0 Å². The molecule has 2 aliphatic carbocycles. The Morgan fingerprint density at radius 2 is 2.07 bits per heavy atom. The lowest BCUT2D eigenvalue weighted by atomic mass is 10.0. The molecular weight excluding hydrogens is 176 g/mol. The number of hydrogen-bond donors (Lipinski definition) is 1. The van der Waals surface area contributed by atoms with Gasteiger partial charge in [0.25, 0.3) is 0 Å². The van der Waals surface area contributed by atoms with Gasteiger partial charge in [0.15, 0.2) is 0 Å². The molecule has 1 N–H and O–H groups in total. The van der Waals surface area contributed by atoms with Gasteiger partial charge in [-0.3, -0.25) is 4.68 Å². The van der Waals surface area contributed by atoms with Crippen LogP contribution in [0.1, 0.15) is 31.2 Å². The molecule has 14 heavy (non-hydrogen) atoms. The molecule has 3 rings (SSSR count). The first kappa shape index (κ1) is 8.48. The van der Waals surface area contributed by atoms with E-state index in [2.05, 4.69) is 5.10 Å². The van der Waals surface area contributed by atoms with Gasteiger partial charge in [0.1, 0.15) is 0 Å². The minimum Gasteiger partial charge on any atom is -0.384 e. The highest BCUT2D eigenvalue weighted by atomic mass is 16.3. The van der Waals surface area contributed by atoms with Gasteiger partial charge in [-0.25, -0.2) is 0 Å². The molecule has 2 atom stereocenters. The maximum Gasteiger partial charge on any atom is 0.0990 e. The van der Waals surface area contributed by atoms with E-state index in [1.54, 1.807) is 4.68 Å². The number of nitrogens with zero attached hydrogens (tertiary/aromatic N) is 2. The Kier molecular flexibility index (Phi) is 1.57. The highest BCUT2D eigenvalue weighted by molar-refractivity contribution is 5.29. The SMILES string of the molecule is Cn1cc(C2(O)C3CCCCC32)cn1. The maximum absolute atomic E-state index is 10.5. The molecule has 1 aromatic rings. The molecule has 2 unspecified atom stereocenters. The van der Waals surface area contributed by atoms with Crippen molar-refractivity contribution in [1.82, 2.24) is 9.78 Å². The van der Waals surface area contributed by atoms with Gasteiger partial charge in [-0.1, -0.05) is 12.8 Å². The van der Waals surface area contributed by atoms with Crippen molar-refractivity contribution in [3.05, 3.63) is 18.0 Å². The maximum atomic E-state index is 10.5. The minimum absolute atomic E-state index is 0.514. The van der Waals surface area contributed by atoms with Gasteiger partial charge < -0.3 is 5.11 Å². The largest absolute Gasteiger partial charge is 0.384 e. The van der Waals surface area contributed by atoms with E-state index >= 15 is 0 Å². The zero-order valence-electron chi connectivity index (χ0n) is 8.48. The molecule has 3 heteroatoms. The highest BCUT2D eigenvalue weighted by Gasteiger charge is 2.65. The molecule has 76 valence electrons. The molecule has 0 aromatic carbocycles. The molecule has 2 aliphatic rings. The number of rotatable bonds is 1. The normalized spacial score (nSPS) is 40.7. The second kappa shape index (κ2) is 2.60. The molecule has 2 fully saturated rings. The van der Waals surface area contributed by atoms with E-state index in [0.717, 1.165) is 5.56 Å². The molecule has 2 saturated carbocycles. The Morgan fingerprint density at radius 3 is 2.57 bits per heavy atom.